The van der Waals surface area contributed by atoms with Crippen LogP contribution < -0.4 is 14.2 Å². The Morgan fingerprint density at radius 3 is 2.43 bits per heavy atom. The third-order valence-corrected chi connectivity index (χ3v) is 2.72. The topological polar surface area (TPSA) is 44.8 Å². The molecule has 4 heteroatoms. The lowest BCUT2D eigenvalue weighted by molar-refractivity contribution is -0.132. The zero-order chi connectivity index (χ0) is 15.1. The molecule has 21 heavy (non-hydrogen) atoms. The van der Waals surface area contributed by atoms with Crippen LogP contribution in [0.15, 0.2) is 48.5 Å². The third kappa shape index (κ3) is 4.53. The van der Waals surface area contributed by atoms with E-state index in [-0.39, 0.29) is 5.97 Å². The molecule has 0 saturated heterocycles. The predicted octanol–water partition coefficient (Wildman–Crippen LogP) is 3.59. The molecule has 0 atom stereocenters. The molecule has 0 amide bonds. The third-order valence-electron chi connectivity index (χ3n) is 2.72. The average molecular weight is 286 g/mol. The lowest BCUT2D eigenvalue weighted by atomic mass is 10.2. The van der Waals surface area contributed by atoms with E-state index in [0.29, 0.717) is 30.5 Å². The molecule has 0 aliphatic carbocycles. The van der Waals surface area contributed by atoms with Crippen molar-refractivity contribution in [3.8, 4) is 17.2 Å². The second-order valence-corrected chi connectivity index (χ2v) is 4.41. The van der Waals surface area contributed by atoms with E-state index in [4.69, 9.17) is 14.2 Å². The second kappa shape index (κ2) is 7.33. The van der Waals surface area contributed by atoms with Gasteiger partial charge in [-0.25, -0.2) is 0 Å². The van der Waals surface area contributed by atoms with E-state index in [0.717, 1.165) is 5.56 Å². The van der Waals surface area contributed by atoms with Gasteiger partial charge in [0.1, 0.15) is 12.4 Å². The highest BCUT2D eigenvalue weighted by atomic mass is 16.6. The molecule has 0 aliphatic heterocycles. The maximum atomic E-state index is 11.1. The van der Waals surface area contributed by atoms with Gasteiger partial charge in [-0.3, -0.25) is 4.79 Å². The van der Waals surface area contributed by atoms with Gasteiger partial charge in [-0.2, -0.15) is 0 Å². The standard InChI is InChI=1S/C17H18O4/c1-3-19-15-9-10-16(21-13(2)18)17(11-15)20-12-14-7-5-4-6-8-14/h4-11H,3,12H2,1-2H3. The number of rotatable bonds is 6. The van der Waals surface area contributed by atoms with Crippen LogP contribution in [0.1, 0.15) is 19.4 Å². The van der Waals surface area contributed by atoms with Gasteiger partial charge in [0.05, 0.1) is 6.61 Å². The highest BCUT2D eigenvalue weighted by Crippen LogP contribution is 2.32. The highest BCUT2D eigenvalue weighted by molar-refractivity contribution is 5.70. The van der Waals surface area contributed by atoms with E-state index in [2.05, 4.69) is 0 Å². The minimum atomic E-state index is -0.385. The van der Waals surface area contributed by atoms with Crippen LogP contribution in [-0.2, 0) is 11.4 Å². The van der Waals surface area contributed by atoms with E-state index in [1.165, 1.54) is 6.92 Å². The number of esters is 1. The lowest BCUT2D eigenvalue weighted by Gasteiger charge is -2.13. The van der Waals surface area contributed by atoms with E-state index >= 15 is 0 Å². The molecule has 0 bridgehead atoms. The van der Waals surface area contributed by atoms with Gasteiger partial charge < -0.3 is 14.2 Å². The Labute approximate surface area is 124 Å². The summed E-state index contributed by atoms with van der Waals surface area (Å²) in [6, 6.07) is 14.9. The van der Waals surface area contributed by atoms with Crippen molar-refractivity contribution in [1.82, 2.24) is 0 Å². The van der Waals surface area contributed by atoms with E-state index in [9.17, 15) is 4.79 Å². The molecule has 110 valence electrons. The first-order valence-electron chi connectivity index (χ1n) is 6.81. The van der Waals surface area contributed by atoms with Crippen LogP contribution in [-0.4, -0.2) is 12.6 Å². The highest BCUT2D eigenvalue weighted by Gasteiger charge is 2.10. The monoisotopic (exact) mass is 286 g/mol. The first kappa shape index (κ1) is 14.9. The fourth-order valence-corrected chi connectivity index (χ4v) is 1.83. The molecule has 2 rings (SSSR count). The second-order valence-electron chi connectivity index (χ2n) is 4.41. The molecule has 2 aromatic carbocycles. The maximum absolute atomic E-state index is 11.1. The minimum absolute atomic E-state index is 0.385. The summed E-state index contributed by atoms with van der Waals surface area (Å²) in [5.74, 6) is 1.17. The van der Waals surface area contributed by atoms with Crippen LogP contribution in [0.3, 0.4) is 0 Å². The first-order valence-corrected chi connectivity index (χ1v) is 6.81. The van der Waals surface area contributed by atoms with Crippen LogP contribution in [0.2, 0.25) is 0 Å². The van der Waals surface area contributed by atoms with Crippen LogP contribution >= 0.6 is 0 Å². The van der Waals surface area contributed by atoms with Crippen molar-refractivity contribution < 1.29 is 19.0 Å². The Bertz CT molecular complexity index is 593. The van der Waals surface area contributed by atoms with Gasteiger partial charge in [0.2, 0.25) is 0 Å². The number of benzene rings is 2. The molecule has 0 spiro atoms. The number of carbonyl (C=O) groups is 1. The van der Waals surface area contributed by atoms with Gasteiger partial charge in [-0.05, 0) is 24.6 Å². The van der Waals surface area contributed by atoms with E-state index < -0.39 is 0 Å². The molecule has 0 radical (unpaired) electrons. The van der Waals surface area contributed by atoms with Gasteiger partial charge in [-0.15, -0.1) is 0 Å². The largest absolute Gasteiger partial charge is 0.494 e. The zero-order valence-electron chi connectivity index (χ0n) is 12.2. The molecular weight excluding hydrogens is 268 g/mol. The molecule has 0 saturated carbocycles. The Morgan fingerprint density at radius 1 is 1.00 bits per heavy atom. The van der Waals surface area contributed by atoms with Crippen molar-refractivity contribution in [2.24, 2.45) is 0 Å². The zero-order valence-corrected chi connectivity index (χ0v) is 12.2. The molecule has 0 heterocycles. The van der Waals surface area contributed by atoms with Crippen LogP contribution in [0.25, 0.3) is 0 Å². The number of ether oxygens (including phenoxy) is 3. The Balaban J connectivity index is 2.17. The normalized spacial score (nSPS) is 10.0. The SMILES string of the molecule is CCOc1ccc(OC(C)=O)c(OCc2ccccc2)c1. The smallest absolute Gasteiger partial charge is 0.308 e. The van der Waals surface area contributed by atoms with E-state index in [1.807, 2.05) is 37.3 Å². The van der Waals surface area contributed by atoms with Crippen molar-refractivity contribution in [2.75, 3.05) is 6.61 Å². The summed E-state index contributed by atoms with van der Waals surface area (Å²) >= 11 is 0. The Morgan fingerprint density at radius 2 is 1.76 bits per heavy atom. The fraction of sp³-hybridized carbons (Fsp3) is 0.235. The molecular formula is C17H18O4. The molecule has 4 nitrogen and oxygen atoms in total. The summed E-state index contributed by atoms with van der Waals surface area (Å²) in [5, 5.41) is 0. The first-order chi connectivity index (χ1) is 10.2. The number of carbonyl (C=O) groups excluding carboxylic acids is 1. The summed E-state index contributed by atoms with van der Waals surface area (Å²) in [4.78, 5) is 11.1. The Kier molecular flexibility index (Phi) is 5.21. The molecule has 0 unspecified atom stereocenters. The van der Waals surface area contributed by atoms with Gasteiger partial charge >= 0.3 is 5.97 Å². The minimum Gasteiger partial charge on any atom is -0.494 e. The van der Waals surface area contributed by atoms with Crippen LogP contribution in [0.4, 0.5) is 0 Å². The van der Waals surface area contributed by atoms with Gasteiger partial charge in [-0.1, -0.05) is 30.3 Å². The van der Waals surface area contributed by atoms with Crippen molar-refractivity contribution in [1.29, 1.82) is 0 Å². The molecule has 0 aromatic heterocycles. The molecule has 0 aliphatic rings. The van der Waals surface area contributed by atoms with Crippen molar-refractivity contribution in [3.05, 3.63) is 54.1 Å². The van der Waals surface area contributed by atoms with Crippen LogP contribution in [0, 0.1) is 0 Å². The van der Waals surface area contributed by atoms with Crippen molar-refractivity contribution >= 4 is 5.97 Å². The molecule has 2 aromatic rings. The summed E-state index contributed by atoms with van der Waals surface area (Å²) in [6.07, 6.45) is 0. The molecule has 0 fully saturated rings. The van der Waals surface area contributed by atoms with Crippen molar-refractivity contribution in [3.63, 3.8) is 0 Å². The van der Waals surface area contributed by atoms with Crippen LogP contribution in [0.5, 0.6) is 17.2 Å². The van der Waals surface area contributed by atoms with Gasteiger partial charge in [0.15, 0.2) is 11.5 Å². The molecule has 0 N–H and O–H groups in total. The Hall–Kier alpha value is -2.49. The van der Waals surface area contributed by atoms with Gasteiger partial charge in [0, 0.05) is 13.0 Å². The summed E-state index contributed by atoms with van der Waals surface area (Å²) in [5.41, 5.74) is 1.04. The summed E-state index contributed by atoms with van der Waals surface area (Å²) in [6.45, 7) is 4.22. The fourth-order valence-electron chi connectivity index (χ4n) is 1.83. The summed E-state index contributed by atoms with van der Waals surface area (Å²) < 4.78 is 16.3. The van der Waals surface area contributed by atoms with Crippen molar-refractivity contribution in [2.45, 2.75) is 20.5 Å². The van der Waals surface area contributed by atoms with E-state index in [1.54, 1.807) is 18.2 Å². The van der Waals surface area contributed by atoms with Gasteiger partial charge in [0.25, 0.3) is 0 Å². The quantitative estimate of drug-likeness (QED) is 0.601. The maximum Gasteiger partial charge on any atom is 0.308 e. The number of hydrogen-bond donors (Lipinski definition) is 0. The summed E-state index contributed by atoms with van der Waals surface area (Å²) in [7, 11) is 0. The average Bonchev–Trinajstić information content (AvgIpc) is 2.48. The number of hydrogen-bond acceptors (Lipinski definition) is 4. The predicted molar refractivity (Wildman–Crippen MR) is 79.7 cm³/mol. The lowest BCUT2D eigenvalue weighted by Crippen LogP contribution is -2.05.